The van der Waals surface area contributed by atoms with Gasteiger partial charge in [-0.3, -0.25) is 4.79 Å². The molecule has 0 bridgehead atoms. The van der Waals surface area contributed by atoms with Gasteiger partial charge in [-0.05, 0) is 49.2 Å². The van der Waals surface area contributed by atoms with Gasteiger partial charge in [0, 0.05) is 11.8 Å². The average Bonchev–Trinajstić information content (AvgIpc) is 3.19. The largest absolute Gasteiger partial charge is 0.490 e. The molecule has 1 aliphatic heterocycles. The Bertz CT molecular complexity index is 962. The van der Waals surface area contributed by atoms with Crippen molar-refractivity contribution in [1.82, 2.24) is 0 Å². The van der Waals surface area contributed by atoms with Crippen LogP contribution >= 0.6 is 0 Å². The molecule has 7 heteroatoms. The second-order valence-corrected chi connectivity index (χ2v) is 6.18. The summed E-state index contributed by atoms with van der Waals surface area (Å²) in [5.41, 5.74) is 1.14. The molecule has 0 aromatic heterocycles. The molecule has 2 aromatic rings. The zero-order chi connectivity index (χ0) is 20.6. The topological polar surface area (TPSA) is 89.8 Å². The summed E-state index contributed by atoms with van der Waals surface area (Å²) in [7, 11) is 0. The second kappa shape index (κ2) is 9.51. The molecule has 1 N–H and O–H groups in total. The van der Waals surface area contributed by atoms with Crippen molar-refractivity contribution in [1.29, 1.82) is 5.26 Å². The number of hydrogen-bond donors (Lipinski definition) is 1. The quantitative estimate of drug-likeness (QED) is 0.534. The molecular formula is C22H22N2O5. The van der Waals surface area contributed by atoms with Crippen LogP contribution in [0.2, 0.25) is 0 Å². The number of fused-ring (bicyclic) bond motifs is 1. The van der Waals surface area contributed by atoms with E-state index in [1.807, 2.05) is 19.9 Å². The number of nitriles is 1. The van der Waals surface area contributed by atoms with Crippen LogP contribution in [-0.4, -0.2) is 25.9 Å². The Hall–Kier alpha value is -3.66. The number of carbonyl (C=O) groups is 1. The summed E-state index contributed by atoms with van der Waals surface area (Å²) in [6.07, 6.45) is 2.39. The van der Waals surface area contributed by atoms with Crippen LogP contribution in [0.5, 0.6) is 23.0 Å². The van der Waals surface area contributed by atoms with E-state index >= 15 is 0 Å². The molecule has 0 fully saturated rings. The molecule has 0 spiro atoms. The highest BCUT2D eigenvalue weighted by atomic mass is 16.7. The molecule has 3 rings (SSSR count). The number of benzene rings is 2. The molecule has 0 radical (unpaired) electrons. The van der Waals surface area contributed by atoms with E-state index in [9.17, 15) is 10.1 Å². The third-order valence-corrected chi connectivity index (χ3v) is 4.04. The zero-order valence-electron chi connectivity index (χ0n) is 16.4. The third kappa shape index (κ3) is 4.99. The van der Waals surface area contributed by atoms with Crippen LogP contribution in [-0.2, 0) is 4.79 Å². The number of anilines is 1. The van der Waals surface area contributed by atoms with Gasteiger partial charge in [0.05, 0.1) is 13.2 Å². The van der Waals surface area contributed by atoms with Crippen LogP contribution in [0.25, 0.3) is 6.08 Å². The molecule has 1 amide bonds. The number of amides is 1. The van der Waals surface area contributed by atoms with E-state index in [1.165, 1.54) is 6.08 Å². The van der Waals surface area contributed by atoms with Gasteiger partial charge >= 0.3 is 0 Å². The molecule has 1 heterocycles. The summed E-state index contributed by atoms with van der Waals surface area (Å²) < 4.78 is 21.9. The van der Waals surface area contributed by atoms with E-state index in [-0.39, 0.29) is 12.4 Å². The predicted molar refractivity (Wildman–Crippen MR) is 108 cm³/mol. The first-order valence-corrected chi connectivity index (χ1v) is 9.37. The second-order valence-electron chi connectivity index (χ2n) is 6.18. The SMILES string of the molecule is CCCOc1ccc(/C=C(\C#N)C(=O)Nc2ccc3c(c2)OCO3)cc1OCC. The third-order valence-electron chi connectivity index (χ3n) is 4.04. The summed E-state index contributed by atoms with van der Waals surface area (Å²) in [6.45, 7) is 5.11. The lowest BCUT2D eigenvalue weighted by molar-refractivity contribution is -0.112. The minimum absolute atomic E-state index is 0.0349. The minimum atomic E-state index is -0.518. The molecule has 0 saturated carbocycles. The van der Waals surface area contributed by atoms with Gasteiger partial charge in [-0.1, -0.05) is 13.0 Å². The van der Waals surface area contributed by atoms with Crippen molar-refractivity contribution >= 4 is 17.7 Å². The highest BCUT2D eigenvalue weighted by Crippen LogP contribution is 2.34. The van der Waals surface area contributed by atoms with Crippen LogP contribution < -0.4 is 24.3 Å². The van der Waals surface area contributed by atoms with Gasteiger partial charge in [-0.25, -0.2) is 0 Å². The van der Waals surface area contributed by atoms with E-state index in [2.05, 4.69) is 5.32 Å². The molecule has 29 heavy (non-hydrogen) atoms. The van der Waals surface area contributed by atoms with Gasteiger partial charge in [0.25, 0.3) is 5.91 Å². The number of nitrogens with zero attached hydrogens (tertiary/aromatic N) is 1. The number of ether oxygens (including phenoxy) is 4. The van der Waals surface area contributed by atoms with Crippen molar-refractivity contribution in [3.63, 3.8) is 0 Å². The number of nitrogens with one attached hydrogen (secondary N) is 1. The van der Waals surface area contributed by atoms with E-state index in [4.69, 9.17) is 18.9 Å². The van der Waals surface area contributed by atoms with Crippen molar-refractivity contribution in [2.75, 3.05) is 25.3 Å². The summed E-state index contributed by atoms with van der Waals surface area (Å²) in [5, 5.41) is 12.2. The Morgan fingerprint density at radius 3 is 2.72 bits per heavy atom. The maximum atomic E-state index is 12.5. The average molecular weight is 394 g/mol. The monoisotopic (exact) mass is 394 g/mol. The molecule has 0 atom stereocenters. The maximum Gasteiger partial charge on any atom is 0.266 e. The lowest BCUT2D eigenvalue weighted by Gasteiger charge is -2.12. The van der Waals surface area contributed by atoms with E-state index in [0.29, 0.717) is 47.5 Å². The Morgan fingerprint density at radius 2 is 1.97 bits per heavy atom. The van der Waals surface area contributed by atoms with Crippen LogP contribution in [0.3, 0.4) is 0 Å². The van der Waals surface area contributed by atoms with Crippen LogP contribution in [0.1, 0.15) is 25.8 Å². The van der Waals surface area contributed by atoms with Gasteiger partial charge in [0.2, 0.25) is 6.79 Å². The zero-order valence-corrected chi connectivity index (χ0v) is 16.4. The highest BCUT2D eigenvalue weighted by Gasteiger charge is 2.16. The number of carbonyl (C=O) groups excluding carboxylic acids is 1. The first-order chi connectivity index (χ1) is 14.1. The predicted octanol–water partition coefficient (Wildman–Crippen LogP) is 4.15. The molecule has 150 valence electrons. The lowest BCUT2D eigenvalue weighted by atomic mass is 10.1. The van der Waals surface area contributed by atoms with Gasteiger partial charge in [-0.15, -0.1) is 0 Å². The molecule has 2 aromatic carbocycles. The first-order valence-electron chi connectivity index (χ1n) is 9.37. The Morgan fingerprint density at radius 1 is 1.14 bits per heavy atom. The van der Waals surface area contributed by atoms with E-state index < -0.39 is 5.91 Å². The summed E-state index contributed by atoms with van der Waals surface area (Å²) in [4.78, 5) is 12.5. The molecule has 1 aliphatic rings. The smallest absolute Gasteiger partial charge is 0.266 e. The van der Waals surface area contributed by atoms with Crippen molar-refractivity contribution in [2.45, 2.75) is 20.3 Å². The highest BCUT2D eigenvalue weighted by molar-refractivity contribution is 6.09. The number of rotatable bonds is 8. The van der Waals surface area contributed by atoms with Gasteiger partial charge in [-0.2, -0.15) is 5.26 Å². The molecular weight excluding hydrogens is 372 g/mol. The summed E-state index contributed by atoms with van der Waals surface area (Å²) >= 11 is 0. The standard InChI is InChI=1S/C22H22N2O5/c1-3-9-27-18-7-5-15(11-20(18)26-4-2)10-16(13-23)22(25)24-17-6-8-19-21(12-17)29-14-28-19/h5-8,10-12H,3-4,9,14H2,1-2H3,(H,24,25)/b16-10+. The van der Waals surface area contributed by atoms with Gasteiger partial charge in [0.1, 0.15) is 11.6 Å². The fraction of sp³-hybridized carbons (Fsp3) is 0.273. The van der Waals surface area contributed by atoms with Crippen LogP contribution in [0.15, 0.2) is 42.0 Å². The van der Waals surface area contributed by atoms with Crippen molar-refractivity contribution in [3.05, 3.63) is 47.5 Å². The van der Waals surface area contributed by atoms with Gasteiger partial charge < -0.3 is 24.3 Å². The Kier molecular flexibility index (Phi) is 6.59. The minimum Gasteiger partial charge on any atom is -0.490 e. The van der Waals surface area contributed by atoms with Crippen molar-refractivity contribution in [2.24, 2.45) is 0 Å². The van der Waals surface area contributed by atoms with E-state index in [0.717, 1.165) is 6.42 Å². The first kappa shape index (κ1) is 20.1. The Balaban J connectivity index is 1.78. The normalized spacial score (nSPS) is 12.2. The fourth-order valence-corrected chi connectivity index (χ4v) is 2.70. The maximum absolute atomic E-state index is 12.5. The summed E-state index contributed by atoms with van der Waals surface area (Å²) in [5.74, 6) is 1.86. The van der Waals surface area contributed by atoms with Gasteiger partial charge in [0.15, 0.2) is 23.0 Å². The molecule has 7 nitrogen and oxygen atoms in total. The Labute approximate surface area is 169 Å². The van der Waals surface area contributed by atoms with Crippen LogP contribution in [0.4, 0.5) is 5.69 Å². The number of hydrogen-bond acceptors (Lipinski definition) is 6. The van der Waals surface area contributed by atoms with E-state index in [1.54, 1.807) is 36.4 Å². The molecule has 0 aliphatic carbocycles. The fourth-order valence-electron chi connectivity index (χ4n) is 2.70. The van der Waals surface area contributed by atoms with Crippen molar-refractivity contribution < 1.29 is 23.7 Å². The molecule has 0 unspecified atom stereocenters. The van der Waals surface area contributed by atoms with Crippen LogP contribution in [0, 0.1) is 11.3 Å². The molecule has 0 saturated heterocycles. The van der Waals surface area contributed by atoms with Crippen molar-refractivity contribution in [3.8, 4) is 29.1 Å². The summed E-state index contributed by atoms with van der Waals surface area (Å²) in [6, 6.07) is 12.3. The lowest BCUT2D eigenvalue weighted by Crippen LogP contribution is -2.13.